The molecule has 0 aliphatic heterocycles. The maximum atomic E-state index is 12.4. The molecular formula is C15H8O7. The smallest absolute Gasteiger partial charge is 0.339 e. The van der Waals surface area contributed by atoms with Gasteiger partial charge in [0, 0.05) is 5.56 Å². The van der Waals surface area contributed by atoms with E-state index in [-0.39, 0.29) is 11.1 Å². The maximum absolute atomic E-state index is 12.4. The van der Waals surface area contributed by atoms with Crippen LogP contribution < -0.4 is 0 Å². The highest BCUT2D eigenvalue weighted by Crippen LogP contribution is 2.41. The van der Waals surface area contributed by atoms with E-state index in [0.29, 0.717) is 6.07 Å². The molecule has 0 amide bonds. The van der Waals surface area contributed by atoms with Crippen LogP contribution in [0, 0.1) is 0 Å². The Kier molecular flexibility index (Phi) is 2.68. The standard InChI is InChI=1S/C15H8O7/c16-7-3-1-2-5-9(7)14(20)11-10(12(5)18)8(17)4-6(13(11)19)15(21)22/h1-4,16-17,19H,(H,21,22). The van der Waals surface area contributed by atoms with Crippen LogP contribution in [0.25, 0.3) is 0 Å². The molecule has 0 saturated carbocycles. The second-order valence-corrected chi connectivity index (χ2v) is 4.70. The SMILES string of the molecule is O=C(O)c1cc(O)c2c(c1O)C(=O)c1c(O)cccc1C2=O. The van der Waals surface area contributed by atoms with Crippen molar-refractivity contribution >= 4 is 17.5 Å². The number of aromatic carboxylic acids is 1. The van der Waals surface area contributed by atoms with Gasteiger partial charge in [-0.05, 0) is 12.1 Å². The zero-order valence-corrected chi connectivity index (χ0v) is 10.8. The van der Waals surface area contributed by atoms with Gasteiger partial charge in [0.25, 0.3) is 0 Å². The number of hydrogen-bond donors (Lipinski definition) is 4. The van der Waals surface area contributed by atoms with E-state index in [9.17, 15) is 29.7 Å². The fraction of sp³-hybridized carbons (Fsp3) is 0. The molecule has 0 bridgehead atoms. The van der Waals surface area contributed by atoms with Crippen LogP contribution in [0.5, 0.6) is 17.2 Å². The summed E-state index contributed by atoms with van der Waals surface area (Å²) in [6.07, 6.45) is 0. The number of hydrogen-bond acceptors (Lipinski definition) is 6. The van der Waals surface area contributed by atoms with E-state index in [0.717, 1.165) is 0 Å². The molecular weight excluding hydrogens is 292 g/mol. The highest BCUT2D eigenvalue weighted by molar-refractivity contribution is 6.31. The third kappa shape index (κ3) is 1.59. The van der Waals surface area contributed by atoms with Gasteiger partial charge in [-0.15, -0.1) is 0 Å². The highest BCUT2D eigenvalue weighted by atomic mass is 16.4. The number of phenols is 3. The molecule has 1 aliphatic carbocycles. The Morgan fingerprint density at radius 3 is 2.18 bits per heavy atom. The van der Waals surface area contributed by atoms with Gasteiger partial charge in [0.2, 0.25) is 5.78 Å². The number of carbonyl (C=O) groups excluding carboxylic acids is 2. The van der Waals surface area contributed by atoms with E-state index in [1.807, 2.05) is 0 Å². The summed E-state index contributed by atoms with van der Waals surface area (Å²) in [5.74, 6) is -5.41. The molecule has 110 valence electrons. The second kappa shape index (κ2) is 4.32. The van der Waals surface area contributed by atoms with E-state index >= 15 is 0 Å². The molecule has 0 spiro atoms. The predicted molar refractivity (Wildman–Crippen MR) is 71.7 cm³/mol. The first-order valence-corrected chi connectivity index (χ1v) is 6.08. The third-order valence-electron chi connectivity index (χ3n) is 3.48. The van der Waals surface area contributed by atoms with Crippen molar-refractivity contribution in [2.75, 3.05) is 0 Å². The fourth-order valence-corrected chi connectivity index (χ4v) is 2.50. The number of benzene rings is 2. The summed E-state index contributed by atoms with van der Waals surface area (Å²) < 4.78 is 0. The Bertz CT molecular complexity index is 880. The molecule has 7 nitrogen and oxygen atoms in total. The van der Waals surface area contributed by atoms with E-state index in [1.54, 1.807) is 0 Å². The Labute approximate surface area is 122 Å². The zero-order valence-electron chi connectivity index (χ0n) is 10.8. The molecule has 0 radical (unpaired) electrons. The largest absolute Gasteiger partial charge is 0.507 e. The minimum absolute atomic E-state index is 0.129. The van der Waals surface area contributed by atoms with Crippen LogP contribution in [-0.4, -0.2) is 38.0 Å². The van der Waals surface area contributed by atoms with Crippen LogP contribution in [0.2, 0.25) is 0 Å². The van der Waals surface area contributed by atoms with Crippen LogP contribution in [0.1, 0.15) is 42.2 Å². The van der Waals surface area contributed by atoms with Crippen LogP contribution in [-0.2, 0) is 0 Å². The Hall–Kier alpha value is -3.35. The Morgan fingerprint density at radius 2 is 1.55 bits per heavy atom. The van der Waals surface area contributed by atoms with Crippen molar-refractivity contribution in [2.45, 2.75) is 0 Å². The van der Waals surface area contributed by atoms with Crippen molar-refractivity contribution in [3.05, 3.63) is 52.1 Å². The summed E-state index contributed by atoms with van der Waals surface area (Å²) in [6, 6.07) is 4.54. The zero-order chi connectivity index (χ0) is 16.2. The minimum Gasteiger partial charge on any atom is -0.507 e. The van der Waals surface area contributed by atoms with Gasteiger partial charge in [-0.25, -0.2) is 4.79 Å². The average molecular weight is 300 g/mol. The van der Waals surface area contributed by atoms with E-state index < -0.39 is 51.5 Å². The quantitative estimate of drug-likeness (QED) is 0.497. The second-order valence-electron chi connectivity index (χ2n) is 4.70. The number of aromatic hydroxyl groups is 3. The van der Waals surface area contributed by atoms with Crippen molar-refractivity contribution < 1.29 is 34.8 Å². The van der Waals surface area contributed by atoms with Crippen LogP contribution in [0.4, 0.5) is 0 Å². The monoisotopic (exact) mass is 300 g/mol. The van der Waals surface area contributed by atoms with Gasteiger partial charge in [0.05, 0.1) is 16.7 Å². The first-order chi connectivity index (χ1) is 10.3. The first-order valence-electron chi connectivity index (χ1n) is 6.08. The van der Waals surface area contributed by atoms with Gasteiger partial charge < -0.3 is 20.4 Å². The minimum atomic E-state index is -1.57. The molecule has 2 aromatic rings. The normalized spacial score (nSPS) is 12.7. The molecule has 0 atom stereocenters. The maximum Gasteiger partial charge on any atom is 0.339 e. The van der Waals surface area contributed by atoms with Gasteiger partial charge in [0.15, 0.2) is 5.78 Å². The van der Waals surface area contributed by atoms with Crippen molar-refractivity contribution in [2.24, 2.45) is 0 Å². The summed E-state index contributed by atoms with van der Waals surface area (Å²) in [7, 11) is 0. The topological polar surface area (TPSA) is 132 Å². The molecule has 0 unspecified atom stereocenters. The lowest BCUT2D eigenvalue weighted by Crippen LogP contribution is -2.22. The molecule has 1 aliphatic rings. The van der Waals surface area contributed by atoms with Crippen molar-refractivity contribution in [3.8, 4) is 17.2 Å². The lowest BCUT2D eigenvalue weighted by molar-refractivity contribution is 0.0692. The van der Waals surface area contributed by atoms with Gasteiger partial charge >= 0.3 is 5.97 Å². The number of ketones is 2. The number of phenolic OH excluding ortho intramolecular Hbond substituents is 2. The third-order valence-corrected chi connectivity index (χ3v) is 3.48. The molecule has 3 rings (SSSR count). The molecule has 2 aromatic carbocycles. The number of carboxylic acid groups (broad SMARTS) is 1. The molecule has 0 heterocycles. The summed E-state index contributed by atoms with van der Waals surface area (Å²) in [4.78, 5) is 35.9. The Morgan fingerprint density at radius 1 is 0.864 bits per heavy atom. The lowest BCUT2D eigenvalue weighted by Gasteiger charge is -2.20. The van der Waals surface area contributed by atoms with Gasteiger partial charge in [-0.3, -0.25) is 9.59 Å². The van der Waals surface area contributed by atoms with Gasteiger partial charge in [-0.2, -0.15) is 0 Å². The van der Waals surface area contributed by atoms with E-state index in [1.165, 1.54) is 18.2 Å². The first kappa shape index (κ1) is 13.6. The molecule has 0 saturated heterocycles. The van der Waals surface area contributed by atoms with E-state index in [4.69, 9.17) is 5.11 Å². The summed E-state index contributed by atoms with van der Waals surface area (Å²) in [5, 5.41) is 38.6. The number of rotatable bonds is 1. The fourth-order valence-electron chi connectivity index (χ4n) is 2.50. The molecule has 0 fully saturated rings. The number of carbonyl (C=O) groups is 3. The van der Waals surface area contributed by atoms with Crippen LogP contribution in [0.15, 0.2) is 24.3 Å². The van der Waals surface area contributed by atoms with E-state index in [2.05, 4.69) is 0 Å². The van der Waals surface area contributed by atoms with Gasteiger partial charge in [0.1, 0.15) is 22.8 Å². The summed E-state index contributed by atoms with van der Waals surface area (Å²) >= 11 is 0. The van der Waals surface area contributed by atoms with Crippen LogP contribution >= 0.6 is 0 Å². The molecule has 0 aromatic heterocycles. The molecule has 4 N–H and O–H groups in total. The van der Waals surface area contributed by atoms with Crippen LogP contribution in [0.3, 0.4) is 0 Å². The lowest BCUT2D eigenvalue weighted by atomic mass is 9.81. The predicted octanol–water partition coefficient (Wildman–Crippen LogP) is 1.28. The Balaban J connectivity index is 2.43. The van der Waals surface area contributed by atoms with Gasteiger partial charge in [-0.1, -0.05) is 12.1 Å². The van der Waals surface area contributed by atoms with Crippen molar-refractivity contribution in [3.63, 3.8) is 0 Å². The molecule has 7 heteroatoms. The van der Waals surface area contributed by atoms with Crippen molar-refractivity contribution in [1.29, 1.82) is 0 Å². The number of carboxylic acids is 1. The highest BCUT2D eigenvalue weighted by Gasteiger charge is 2.38. The summed E-state index contributed by atoms with van der Waals surface area (Å²) in [5.41, 5.74) is -2.29. The molecule has 22 heavy (non-hydrogen) atoms. The average Bonchev–Trinajstić information content (AvgIpc) is 2.46. The van der Waals surface area contributed by atoms with Crippen molar-refractivity contribution in [1.82, 2.24) is 0 Å². The number of fused-ring (bicyclic) bond motifs is 2. The summed E-state index contributed by atoms with van der Waals surface area (Å²) in [6.45, 7) is 0.